The van der Waals surface area contributed by atoms with Crippen LogP contribution in [-0.2, 0) is 7.05 Å². The molecule has 0 atom stereocenters. The molecule has 2 N–H and O–H groups in total. The number of anilines is 1. The lowest BCUT2D eigenvalue weighted by Crippen LogP contribution is -2.30. The Labute approximate surface area is 85.1 Å². The lowest BCUT2D eigenvalue weighted by molar-refractivity contribution is 0.795. The van der Waals surface area contributed by atoms with Gasteiger partial charge in [-0.1, -0.05) is 6.92 Å². The molecule has 0 saturated heterocycles. The van der Waals surface area contributed by atoms with Crippen molar-refractivity contribution in [2.75, 3.05) is 11.9 Å². The maximum absolute atomic E-state index is 11.2. The summed E-state index contributed by atoms with van der Waals surface area (Å²) in [5.74, 6) is 0.153. The minimum Gasteiger partial charge on any atom is -0.369 e. The second kappa shape index (κ2) is 4.54. The van der Waals surface area contributed by atoms with Crippen LogP contribution >= 0.6 is 0 Å². The number of nitroso groups, excluding NO2 is 1. The largest absolute Gasteiger partial charge is 0.369 e. The summed E-state index contributed by atoms with van der Waals surface area (Å²) in [6.07, 6.45) is 0.805. The Morgan fingerprint density at radius 3 is 2.67 bits per heavy atom. The minimum absolute atomic E-state index is 0.153. The molecule has 0 radical (unpaired) electrons. The highest BCUT2D eigenvalue weighted by atomic mass is 16.3. The standard InChI is InChI=1S/C8H12N4O3/c1-3-4-9-6-5(11-15)7(13)10-8(14)12(6)2/h9H,3-4H2,1-2H3,(H,10,13,14). The first-order valence-electron chi connectivity index (χ1n) is 4.52. The normalized spacial score (nSPS) is 10.0. The van der Waals surface area contributed by atoms with Crippen molar-refractivity contribution in [1.29, 1.82) is 0 Å². The van der Waals surface area contributed by atoms with E-state index in [-0.39, 0.29) is 11.5 Å². The van der Waals surface area contributed by atoms with Crippen molar-refractivity contribution in [1.82, 2.24) is 9.55 Å². The lowest BCUT2D eigenvalue weighted by Gasteiger charge is -2.09. The van der Waals surface area contributed by atoms with Crippen LogP contribution in [0.2, 0.25) is 0 Å². The fraction of sp³-hybridized carbons (Fsp3) is 0.500. The van der Waals surface area contributed by atoms with Crippen LogP contribution in [0.1, 0.15) is 13.3 Å². The molecule has 0 saturated carbocycles. The lowest BCUT2D eigenvalue weighted by atomic mass is 10.4. The van der Waals surface area contributed by atoms with Crippen LogP contribution < -0.4 is 16.6 Å². The molecule has 0 fully saturated rings. The number of aromatic nitrogens is 2. The van der Waals surface area contributed by atoms with Gasteiger partial charge in [0.25, 0.3) is 5.56 Å². The zero-order chi connectivity index (χ0) is 11.4. The SMILES string of the molecule is CCCNc1c(N=O)c(=O)[nH]c(=O)n1C. The van der Waals surface area contributed by atoms with Gasteiger partial charge in [0, 0.05) is 13.6 Å². The first-order chi connectivity index (χ1) is 7.11. The molecule has 1 rings (SSSR count). The molecule has 1 aromatic rings. The number of hydrogen-bond donors (Lipinski definition) is 2. The molecule has 82 valence electrons. The van der Waals surface area contributed by atoms with Crippen LogP contribution in [0.5, 0.6) is 0 Å². The van der Waals surface area contributed by atoms with Crippen LogP contribution in [0.4, 0.5) is 11.5 Å². The van der Waals surface area contributed by atoms with Crippen molar-refractivity contribution in [3.8, 4) is 0 Å². The maximum Gasteiger partial charge on any atom is 0.329 e. The molecule has 0 spiro atoms. The third-order valence-electron chi connectivity index (χ3n) is 1.93. The molecule has 0 aliphatic heterocycles. The Kier molecular flexibility index (Phi) is 3.37. The zero-order valence-electron chi connectivity index (χ0n) is 8.53. The van der Waals surface area contributed by atoms with Crippen LogP contribution in [0.3, 0.4) is 0 Å². The Balaban J connectivity index is 3.37. The van der Waals surface area contributed by atoms with Crippen molar-refractivity contribution in [2.45, 2.75) is 13.3 Å². The quantitative estimate of drug-likeness (QED) is 0.701. The summed E-state index contributed by atoms with van der Waals surface area (Å²) >= 11 is 0. The number of nitrogens with zero attached hydrogens (tertiary/aromatic N) is 2. The summed E-state index contributed by atoms with van der Waals surface area (Å²) in [6, 6.07) is 0. The van der Waals surface area contributed by atoms with E-state index >= 15 is 0 Å². The van der Waals surface area contributed by atoms with E-state index in [9.17, 15) is 14.5 Å². The predicted octanol–water partition coefficient (Wildman–Crippen LogP) is 0.293. The monoisotopic (exact) mass is 212 g/mol. The summed E-state index contributed by atoms with van der Waals surface area (Å²) in [4.78, 5) is 34.9. The van der Waals surface area contributed by atoms with Gasteiger partial charge in [0.1, 0.15) is 5.82 Å². The summed E-state index contributed by atoms with van der Waals surface area (Å²) in [6.45, 7) is 2.48. The Bertz CT molecular complexity index is 474. The van der Waals surface area contributed by atoms with Crippen LogP contribution in [0.15, 0.2) is 14.8 Å². The van der Waals surface area contributed by atoms with E-state index in [2.05, 4.69) is 10.5 Å². The van der Waals surface area contributed by atoms with E-state index < -0.39 is 11.2 Å². The summed E-state index contributed by atoms with van der Waals surface area (Å²) in [5, 5.41) is 5.42. The summed E-state index contributed by atoms with van der Waals surface area (Å²) < 4.78 is 1.15. The highest BCUT2D eigenvalue weighted by Gasteiger charge is 2.12. The van der Waals surface area contributed by atoms with Gasteiger partial charge in [-0.05, 0) is 11.6 Å². The first-order valence-corrected chi connectivity index (χ1v) is 4.52. The summed E-state index contributed by atoms with van der Waals surface area (Å²) in [7, 11) is 1.45. The molecule has 0 unspecified atom stereocenters. The number of H-pyrrole nitrogens is 1. The number of aromatic amines is 1. The molecule has 1 heterocycles. The molecule has 0 bridgehead atoms. The molecule has 7 nitrogen and oxygen atoms in total. The van der Waals surface area contributed by atoms with Crippen molar-refractivity contribution >= 4 is 11.5 Å². The van der Waals surface area contributed by atoms with Crippen molar-refractivity contribution in [3.05, 3.63) is 25.7 Å². The van der Waals surface area contributed by atoms with Crippen LogP contribution in [-0.4, -0.2) is 16.1 Å². The van der Waals surface area contributed by atoms with E-state index in [0.717, 1.165) is 11.0 Å². The maximum atomic E-state index is 11.2. The predicted molar refractivity (Wildman–Crippen MR) is 56.5 cm³/mol. The minimum atomic E-state index is -0.772. The van der Waals surface area contributed by atoms with Gasteiger partial charge in [0.15, 0.2) is 0 Å². The van der Waals surface area contributed by atoms with E-state index in [1.165, 1.54) is 7.05 Å². The fourth-order valence-corrected chi connectivity index (χ4v) is 1.14. The second-order valence-corrected chi connectivity index (χ2v) is 3.03. The van der Waals surface area contributed by atoms with Crippen molar-refractivity contribution in [2.24, 2.45) is 12.2 Å². The van der Waals surface area contributed by atoms with Gasteiger partial charge in [0.2, 0.25) is 5.69 Å². The first kappa shape index (κ1) is 11.2. The smallest absolute Gasteiger partial charge is 0.329 e. The van der Waals surface area contributed by atoms with Gasteiger partial charge < -0.3 is 5.32 Å². The molecular weight excluding hydrogens is 200 g/mol. The Morgan fingerprint density at radius 1 is 1.47 bits per heavy atom. The Hall–Kier alpha value is -1.92. The molecule has 0 aromatic carbocycles. The van der Waals surface area contributed by atoms with Gasteiger partial charge in [0.05, 0.1) is 0 Å². The van der Waals surface area contributed by atoms with Crippen molar-refractivity contribution < 1.29 is 0 Å². The van der Waals surface area contributed by atoms with E-state index in [4.69, 9.17) is 0 Å². The highest BCUT2D eigenvalue weighted by molar-refractivity contribution is 5.58. The van der Waals surface area contributed by atoms with Gasteiger partial charge in [-0.2, -0.15) is 0 Å². The average molecular weight is 212 g/mol. The van der Waals surface area contributed by atoms with Gasteiger partial charge >= 0.3 is 5.69 Å². The van der Waals surface area contributed by atoms with Gasteiger partial charge in [-0.25, -0.2) is 4.79 Å². The van der Waals surface area contributed by atoms with Crippen LogP contribution in [0, 0.1) is 4.91 Å². The molecule has 7 heteroatoms. The third kappa shape index (κ3) is 2.12. The van der Waals surface area contributed by atoms with Gasteiger partial charge in [-0.15, -0.1) is 4.91 Å². The zero-order valence-corrected chi connectivity index (χ0v) is 8.53. The van der Waals surface area contributed by atoms with E-state index in [1.54, 1.807) is 0 Å². The van der Waals surface area contributed by atoms with E-state index in [0.29, 0.717) is 6.54 Å². The molecular formula is C8H12N4O3. The Morgan fingerprint density at radius 2 is 2.13 bits per heavy atom. The number of rotatable bonds is 4. The number of nitrogens with one attached hydrogen (secondary N) is 2. The second-order valence-electron chi connectivity index (χ2n) is 3.03. The average Bonchev–Trinajstić information content (AvgIpc) is 2.21. The number of hydrogen-bond acceptors (Lipinski definition) is 5. The van der Waals surface area contributed by atoms with Crippen LogP contribution in [0.25, 0.3) is 0 Å². The van der Waals surface area contributed by atoms with E-state index in [1.807, 2.05) is 11.9 Å². The molecule has 0 amide bonds. The molecule has 15 heavy (non-hydrogen) atoms. The summed E-state index contributed by atoms with van der Waals surface area (Å²) in [5.41, 5.74) is -1.65. The molecule has 0 aliphatic rings. The topological polar surface area (TPSA) is 96.3 Å². The van der Waals surface area contributed by atoms with Gasteiger partial charge in [-0.3, -0.25) is 14.3 Å². The molecule has 1 aromatic heterocycles. The molecule has 0 aliphatic carbocycles. The fourth-order valence-electron chi connectivity index (χ4n) is 1.14. The highest BCUT2D eigenvalue weighted by Crippen LogP contribution is 2.16. The van der Waals surface area contributed by atoms with Crippen molar-refractivity contribution in [3.63, 3.8) is 0 Å². The third-order valence-corrected chi connectivity index (χ3v) is 1.93.